The van der Waals surface area contributed by atoms with Crippen LogP contribution in [0.2, 0.25) is 5.02 Å². The molecule has 0 saturated carbocycles. The number of rotatable bonds is 9. The van der Waals surface area contributed by atoms with Crippen LogP contribution in [0.4, 0.5) is 13.2 Å². The molecule has 1 aliphatic heterocycles. The summed E-state index contributed by atoms with van der Waals surface area (Å²) < 4.78 is 44.4. The summed E-state index contributed by atoms with van der Waals surface area (Å²) in [4.78, 5) is 52.4. The van der Waals surface area contributed by atoms with Gasteiger partial charge in [0.15, 0.2) is 11.5 Å². The zero-order valence-electron chi connectivity index (χ0n) is 21.8. The maximum absolute atomic E-state index is 13.5. The van der Waals surface area contributed by atoms with Gasteiger partial charge in [-0.1, -0.05) is 44.5 Å². The van der Waals surface area contributed by atoms with Crippen molar-refractivity contribution in [3.05, 3.63) is 41.0 Å². The molecule has 0 aliphatic carbocycles. The Bertz CT molecular complexity index is 1210. The molecule has 1 saturated heterocycles. The second-order valence-electron chi connectivity index (χ2n) is 10.1. The summed E-state index contributed by atoms with van der Waals surface area (Å²) in [5.74, 6) is -5.06. The van der Waals surface area contributed by atoms with E-state index in [4.69, 9.17) is 16.1 Å². The van der Waals surface area contributed by atoms with Crippen molar-refractivity contribution in [2.24, 2.45) is 11.8 Å². The summed E-state index contributed by atoms with van der Waals surface area (Å²) >= 11 is 5.89. The fraction of sp³-hybridized carbons (Fsp3) is 0.500. The molecule has 2 aromatic rings. The molecular weight excluding hydrogens is 541 g/mol. The van der Waals surface area contributed by atoms with Gasteiger partial charge in [-0.25, -0.2) is 0 Å². The van der Waals surface area contributed by atoms with Crippen molar-refractivity contribution in [2.45, 2.75) is 64.8 Å². The number of nitrogens with zero attached hydrogens (tertiary/aromatic N) is 2. The van der Waals surface area contributed by atoms with Crippen LogP contribution in [-0.2, 0) is 14.4 Å². The Hall–Kier alpha value is -3.41. The maximum Gasteiger partial charge on any atom is 0.452 e. The highest BCUT2D eigenvalue weighted by atomic mass is 35.5. The number of nitrogens with one attached hydrogen (secondary N) is 2. The Morgan fingerprint density at radius 1 is 1.03 bits per heavy atom. The largest absolute Gasteiger partial charge is 0.452 e. The number of amides is 3. The van der Waals surface area contributed by atoms with Gasteiger partial charge in [-0.3, -0.25) is 19.2 Å². The second-order valence-corrected chi connectivity index (χ2v) is 10.5. The van der Waals surface area contributed by atoms with Gasteiger partial charge >= 0.3 is 6.18 Å². The fourth-order valence-electron chi connectivity index (χ4n) is 4.30. The lowest BCUT2D eigenvalue weighted by molar-refractivity contribution is -0.175. The van der Waals surface area contributed by atoms with Crippen molar-refractivity contribution in [1.82, 2.24) is 20.7 Å². The molecule has 1 aromatic carbocycles. The van der Waals surface area contributed by atoms with Crippen LogP contribution in [0.5, 0.6) is 0 Å². The quantitative estimate of drug-likeness (QED) is 0.470. The van der Waals surface area contributed by atoms with E-state index in [-0.39, 0.29) is 18.7 Å². The Morgan fingerprint density at radius 3 is 2.21 bits per heavy atom. The van der Waals surface area contributed by atoms with E-state index in [2.05, 4.69) is 15.8 Å². The molecule has 2 heterocycles. The number of Topliss-reactive ketones (excluding diaryl/α,β-unsaturated/α-hetero) is 1. The van der Waals surface area contributed by atoms with E-state index in [0.29, 0.717) is 22.8 Å². The molecular formula is C26H30ClF3N4O5. The number of benzene rings is 1. The highest BCUT2D eigenvalue weighted by Gasteiger charge is 2.46. The monoisotopic (exact) mass is 570 g/mol. The third-order valence-corrected chi connectivity index (χ3v) is 6.71. The summed E-state index contributed by atoms with van der Waals surface area (Å²) in [6, 6.07) is 4.18. The number of ketones is 1. The molecule has 13 heteroatoms. The van der Waals surface area contributed by atoms with Gasteiger partial charge in [-0.15, -0.1) is 0 Å². The van der Waals surface area contributed by atoms with E-state index in [1.807, 2.05) is 0 Å². The Balaban J connectivity index is 1.73. The number of hydrogen-bond acceptors (Lipinski definition) is 6. The summed E-state index contributed by atoms with van der Waals surface area (Å²) in [6.45, 7) is 6.34. The van der Waals surface area contributed by atoms with Crippen LogP contribution in [0.15, 0.2) is 34.9 Å². The molecule has 1 fully saturated rings. The molecule has 3 rings (SSSR count). The van der Waals surface area contributed by atoms with Crippen molar-refractivity contribution in [3.63, 3.8) is 0 Å². The molecule has 212 valence electrons. The molecule has 0 unspecified atom stereocenters. The Morgan fingerprint density at radius 2 is 1.64 bits per heavy atom. The SMILES string of the molecule is CC(C)[C@H](NC(=O)c1cc(-c2ccc(Cl)cc2)on1)C(=O)N1CCC[C@H]1C(=O)N[C@H](C(=O)C(F)(F)F)C(C)C. The van der Waals surface area contributed by atoms with Gasteiger partial charge < -0.3 is 20.1 Å². The van der Waals surface area contributed by atoms with Gasteiger partial charge in [0, 0.05) is 23.2 Å². The summed E-state index contributed by atoms with van der Waals surface area (Å²) in [5.41, 5.74) is 0.566. The third-order valence-electron chi connectivity index (χ3n) is 6.46. The van der Waals surface area contributed by atoms with Crippen LogP contribution < -0.4 is 10.6 Å². The summed E-state index contributed by atoms with van der Waals surface area (Å²) in [6.07, 6.45) is -4.49. The molecule has 0 radical (unpaired) electrons. The molecule has 1 aromatic heterocycles. The van der Waals surface area contributed by atoms with E-state index in [9.17, 15) is 32.3 Å². The molecule has 1 aliphatic rings. The number of alkyl halides is 3. The number of hydrogen-bond donors (Lipinski definition) is 2. The average molecular weight is 571 g/mol. The number of carbonyl (C=O) groups excluding carboxylic acids is 4. The molecule has 3 amide bonds. The van der Waals surface area contributed by atoms with Crippen LogP contribution in [0.3, 0.4) is 0 Å². The minimum atomic E-state index is -5.12. The van der Waals surface area contributed by atoms with Gasteiger partial charge in [0.25, 0.3) is 11.7 Å². The highest BCUT2D eigenvalue weighted by Crippen LogP contribution is 2.25. The Kier molecular flexibility index (Phi) is 9.42. The number of carbonyl (C=O) groups is 4. The van der Waals surface area contributed by atoms with Crippen molar-refractivity contribution >= 4 is 35.1 Å². The number of aromatic nitrogens is 1. The predicted octanol–water partition coefficient (Wildman–Crippen LogP) is 4.01. The van der Waals surface area contributed by atoms with Gasteiger partial charge in [0.05, 0.1) is 6.04 Å². The first-order valence-corrected chi connectivity index (χ1v) is 12.8. The standard InChI is InChI=1S/C26H30ClF3N4O5/c1-13(2)20(22(35)26(28,29)30)31-24(37)18-6-5-11-34(18)25(38)21(14(3)4)32-23(36)17-12-19(39-33-17)15-7-9-16(27)10-8-15/h7-10,12-14,18,20-21H,5-6,11H2,1-4H3,(H,31,37)(H,32,36)/t18-,20-,21-/m0/s1. The second kappa shape index (κ2) is 12.2. The molecule has 39 heavy (non-hydrogen) atoms. The summed E-state index contributed by atoms with van der Waals surface area (Å²) in [5, 5.41) is 9.12. The smallest absolute Gasteiger partial charge is 0.355 e. The van der Waals surface area contributed by atoms with Gasteiger partial charge in [-0.05, 0) is 48.9 Å². The highest BCUT2D eigenvalue weighted by molar-refractivity contribution is 6.30. The Labute approximate surface area is 228 Å². The van der Waals surface area contributed by atoms with Gasteiger partial charge in [0.1, 0.15) is 12.1 Å². The lowest BCUT2D eigenvalue weighted by Crippen LogP contribution is -2.58. The topological polar surface area (TPSA) is 122 Å². The van der Waals surface area contributed by atoms with Crippen LogP contribution >= 0.6 is 11.6 Å². The molecule has 9 nitrogen and oxygen atoms in total. The average Bonchev–Trinajstić information content (AvgIpc) is 3.55. The normalized spacial score (nSPS) is 17.3. The lowest BCUT2D eigenvalue weighted by atomic mass is 9.98. The fourth-order valence-corrected chi connectivity index (χ4v) is 4.43. The van der Waals surface area contributed by atoms with Crippen LogP contribution in [0, 0.1) is 11.8 Å². The molecule has 2 N–H and O–H groups in total. The van der Waals surface area contributed by atoms with Crippen LogP contribution in [-0.4, -0.2) is 64.4 Å². The predicted molar refractivity (Wildman–Crippen MR) is 136 cm³/mol. The van der Waals surface area contributed by atoms with E-state index < -0.39 is 59.6 Å². The van der Waals surface area contributed by atoms with Crippen LogP contribution in [0.25, 0.3) is 11.3 Å². The van der Waals surface area contributed by atoms with Crippen molar-refractivity contribution in [2.75, 3.05) is 6.54 Å². The zero-order valence-corrected chi connectivity index (χ0v) is 22.6. The van der Waals surface area contributed by atoms with E-state index in [1.165, 1.54) is 24.8 Å². The van der Waals surface area contributed by atoms with Gasteiger partial charge in [0.2, 0.25) is 11.8 Å². The van der Waals surface area contributed by atoms with E-state index >= 15 is 0 Å². The van der Waals surface area contributed by atoms with E-state index in [1.54, 1.807) is 38.1 Å². The van der Waals surface area contributed by atoms with E-state index in [0.717, 1.165) is 0 Å². The van der Waals surface area contributed by atoms with Crippen molar-refractivity contribution in [1.29, 1.82) is 0 Å². The first kappa shape index (κ1) is 30.1. The molecule has 3 atom stereocenters. The number of likely N-dealkylation sites (tertiary alicyclic amines) is 1. The first-order chi connectivity index (χ1) is 18.2. The molecule has 0 bridgehead atoms. The first-order valence-electron chi connectivity index (χ1n) is 12.5. The number of halogens is 4. The molecule has 0 spiro atoms. The van der Waals surface area contributed by atoms with Crippen LogP contribution in [0.1, 0.15) is 51.0 Å². The maximum atomic E-state index is 13.5. The van der Waals surface area contributed by atoms with Crippen molar-refractivity contribution < 1.29 is 36.9 Å². The summed E-state index contributed by atoms with van der Waals surface area (Å²) in [7, 11) is 0. The third kappa shape index (κ3) is 7.17. The zero-order chi connectivity index (χ0) is 29.1. The minimum Gasteiger partial charge on any atom is -0.355 e. The van der Waals surface area contributed by atoms with Crippen molar-refractivity contribution in [3.8, 4) is 11.3 Å². The minimum absolute atomic E-state index is 0.0699. The lowest BCUT2D eigenvalue weighted by Gasteiger charge is -2.31. The van der Waals surface area contributed by atoms with Gasteiger partial charge in [-0.2, -0.15) is 13.2 Å².